The maximum Gasteiger partial charge on any atom is 0.00782 e. The number of hydrogen-bond acceptors (Lipinski definition) is 2. The van der Waals surface area contributed by atoms with Crippen LogP contribution in [0.5, 0.6) is 0 Å². The molecule has 0 aliphatic rings. The second kappa shape index (κ2) is 11.0. The molecule has 0 aliphatic carbocycles. The van der Waals surface area contributed by atoms with E-state index in [-0.39, 0.29) is 0 Å². The van der Waals surface area contributed by atoms with Crippen molar-refractivity contribution in [1.82, 2.24) is 0 Å². The quantitative estimate of drug-likeness (QED) is 0.577. The molecule has 2 heteroatoms. The van der Waals surface area contributed by atoms with Gasteiger partial charge in [0.1, 0.15) is 0 Å². The van der Waals surface area contributed by atoms with Crippen molar-refractivity contribution >= 4 is 0 Å². The third kappa shape index (κ3) is 10.1. The predicted octanol–water partition coefficient (Wildman–Crippen LogP) is 1.74. The average molecular weight is 142 g/mol. The summed E-state index contributed by atoms with van der Waals surface area (Å²) in [6.07, 6.45) is 5.85. The van der Waals surface area contributed by atoms with Gasteiger partial charge in [0.15, 0.2) is 0 Å². The van der Waals surface area contributed by atoms with Gasteiger partial charge in [-0.2, -0.15) is 0 Å². The van der Waals surface area contributed by atoms with E-state index in [9.17, 15) is 0 Å². The van der Waals surface area contributed by atoms with Crippen molar-refractivity contribution in [3.63, 3.8) is 0 Å². The minimum atomic E-state index is 0.853. The normalized spacial score (nSPS) is 10.9. The second-order valence-corrected chi connectivity index (χ2v) is 1.48. The first-order valence-corrected chi connectivity index (χ1v) is 3.64. The molecule has 0 unspecified atom stereocenters. The number of nitrogens with two attached hydrogens (primary N) is 2. The second-order valence-electron chi connectivity index (χ2n) is 1.48. The van der Waals surface area contributed by atoms with Gasteiger partial charge in [0, 0.05) is 5.70 Å². The summed E-state index contributed by atoms with van der Waals surface area (Å²) in [5.74, 6) is 0. The first kappa shape index (κ1) is 11.8. The van der Waals surface area contributed by atoms with Crippen molar-refractivity contribution < 1.29 is 0 Å². The van der Waals surface area contributed by atoms with Gasteiger partial charge >= 0.3 is 0 Å². The van der Waals surface area contributed by atoms with E-state index in [2.05, 4.69) is 0 Å². The molecule has 10 heavy (non-hydrogen) atoms. The first-order valence-electron chi connectivity index (χ1n) is 3.64. The highest BCUT2D eigenvalue weighted by atomic mass is 14.6. The highest BCUT2D eigenvalue weighted by molar-refractivity contribution is 5.07. The lowest BCUT2D eigenvalue weighted by molar-refractivity contribution is 1.07. The van der Waals surface area contributed by atoms with Crippen LogP contribution >= 0.6 is 0 Å². The van der Waals surface area contributed by atoms with Gasteiger partial charge in [0.2, 0.25) is 0 Å². The molecule has 0 aromatic carbocycles. The maximum absolute atomic E-state index is 5.41. The van der Waals surface area contributed by atoms with Crippen molar-refractivity contribution in [2.24, 2.45) is 11.5 Å². The van der Waals surface area contributed by atoms with Crippen LogP contribution in [-0.2, 0) is 0 Å². The molecule has 0 radical (unpaired) electrons. The lowest BCUT2D eigenvalue weighted by Gasteiger charge is -1.88. The monoisotopic (exact) mass is 142 g/mol. The third-order valence-electron chi connectivity index (χ3n) is 0.830. The van der Waals surface area contributed by atoms with Crippen LogP contribution in [0.15, 0.2) is 24.0 Å². The van der Waals surface area contributed by atoms with Crippen LogP contribution in [0, 0.1) is 0 Å². The fraction of sp³-hybridized carbons (Fsp3) is 0.500. The van der Waals surface area contributed by atoms with Gasteiger partial charge in [-0.3, -0.25) is 0 Å². The molecule has 2 nitrogen and oxygen atoms in total. The lowest BCUT2D eigenvalue weighted by Crippen LogP contribution is -1.92. The maximum atomic E-state index is 5.41. The highest BCUT2D eigenvalue weighted by Crippen LogP contribution is 1.88. The van der Waals surface area contributed by atoms with Gasteiger partial charge in [0.25, 0.3) is 0 Å². The van der Waals surface area contributed by atoms with E-state index in [0.29, 0.717) is 0 Å². The zero-order valence-electron chi connectivity index (χ0n) is 7.09. The predicted molar refractivity (Wildman–Crippen MR) is 47.2 cm³/mol. The van der Waals surface area contributed by atoms with Crippen molar-refractivity contribution in [3.05, 3.63) is 24.0 Å². The molecule has 0 saturated carbocycles. The minimum absolute atomic E-state index is 0.853. The Labute approximate surface area is 63.6 Å². The summed E-state index contributed by atoms with van der Waals surface area (Å²) in [6.45, 7) is 6.00. The van der Waals surface area contributed by atoms with Crippen LogP contribution in [0.1, 0.15) is 27.2 Å². The van der Waals surface area contributed by atoms with E-state index >= 15 is 0 Å². The number of allylic oxidation sites excluding steroid dienone is 3. The molecule has 0 heterocycles. The highest BCUT2D eigenvalue weighted by Gasteiger charge is 1.76. The number of rotatable bonds is 2. The standard InChI is InChI=1S/C6H12N2.C2H6/c1-2-6(8)4-3-5-7;1-2/h3-5H,2,7-8H2,1H3;1-2H3/b5-3-,6-4-;. The van der Waals surface area contributed by atoms with Crippen LogP contribution < -0.4 is 11.5 Å². The van der Waals surface area contributed by atoms with Gasteiger partial charge in [0.05, 0.1) is 0 Å². The summed E-state index contributed by atoms with van der Waals surface area (Å²) in [5.41, 5.74) is 11.3. The Hall–Kier alpha value is -0.920. The molecule has 0 aromatic heterocycles. The summed E-state index contributed by atoms with van der Waals surface area (Å²) in [6, 6.07) is 0. The van der Waals surface area contributed by atoms with Gasteiger partial charge in [-0.15, -0.1) is 0 Å². The van der Waals surface area contributed by atoms with E-state index in [0.717, 1.165) is 12.1 Å². The lowest BCUT2D eigenvalue weighted by atomic mass is 10.3. The van der Waals surface area contributed by atoms with E-state index in [1.807, 2.05) is 20.8 Å². The fourth-order valence-corrected chi connectivity index (χ4v) is 0.297. The molecular weight excluding hydrogens is 124 g/mol. The summed E-state index contributed by atoms with van der Waals surface area (Å²) < 4.78 is 0. The minimum Gasteiger partial charge on any atom is -0.405 e. The molecule has 0 aliphatic heterocycles. The molecule has 0 spiro atoms. The summed E-state index contributed by atoms with van der Waals surface area (Å²) in [4.78, 5) is 0. The Morgan fingerprint density at radius 2 is 1.90 bits per heavy atom. The van der Waals surface area contributed by atoms with Gasteiger partial charge in [-0.25, -0.2) is 0 Å². The summed E-state index contributed by atoms with van der Waals surface area (Å²) in [5, 5.41) is 0. The van der Waals surface area contributed by atoms with Crippen molar-refractivity contribution in [2.75, 3.05) is 0 Å². The largest absolute Gasteiger partial charge is 0.405 e. The molecule has 0 atom stereocenters. The molecule has 4 N–H and O–H groups in total. The Bertz CT molecular complexity index is 104. The Morgan fingerprint density at radius 1 is 1.40 bits per heavy atom. The molecule has 0 bridgehead atoms. The molecule has 0 rings (SSSR count). The van der Waals surface area contributed by atoms with Crippen LogP contribution in [0.25, 0.3) is 0 Å². The Balaban J connectivity index is 0. The zero-order valence-corrected chi connectivity index (χ0v) is 7.09. The van der Waals surface area contributed by atoms with E-state index < -0.39 is 0 Å². The van der Waals surface area contributed by atoms with E-state index in [1.165, 1.54) is 6.20 Å². The van der Waals surface area contributed by atoms with E-state index in [4.69, 9.17) is 11.5 Å². The van der Waals surface area contributed by atoms with Crippen LogP contribution in [0.4, 0.5) is 0 Å². The van der Waals surface area contributed by atoms with Crippen LogP contribution in [0.2, 0.25) is 0 Å². The van der Waals surface area contributed by atoms with Crippen molar-refractivity contribution in [3.8, 4) is 0 Å². The Kier molecular flexibility index (Phi) is 13.0. The van der Waals surface area contributed by atoms with Gasteiger partial charge < -0.3 is 11.5 Å². The third-order valence-corrected chi connectivity index (χ3v) is 0.830. The van der Waals surface area contributed by atoms with E-state index in [1.54, 1.807) is 12.2 Å². The van der Waals surface area contributed by atoms with Crippen molar-refractivity contribution in [1.29, 1.82) is 0 Å². The average Bonchev–Trinajstić information content (AvgIpc) is 2.04. The summed E-state index contributed by atoms with van der Waals surface area (Å²) >= 11 is 0. The number of hydrogen-bond donors (Lipinski definition) is 2. The fourth-order valence-electron chi connectivity index (χ4n) is 0.297. The first-order chi connectivity index (χ1) is 4.81. The van der Waals surface area contributed by atoms with Crippen LogP contribution in [0.3, 0.4) is 0 Å². The molecule has 0 aromatic rings. The SMILES string of the molecule is CC.CC/C(N)=C/C=C\N. The van der Waals surface area contributed by atoms with Crippen LogP contribution in [-0.4, -0.2) is 0 Å². The summed E-state index contributed by atoms with van der Waals surface area (Å²) in [7, 11) is 0. The molecule has 0 saturated heterocycles. The van der Waals surface area contributed by atoms with Gasteiger partial charge in [-0.1, -0.05) is 20.8 Å². The molecular formula is C8H18N2. The molecule has 0 amide bonds. The van der Waals surface area contributed by atoms with Gasteiger partial charge in [-0.05, 0) is 24.8 Å². The molecule has 0 fully saturated rings. The topological polar surface area (TPSA) is 52.0 Å². The molecule has 60 valence electrons. The Morgan fingerprint density at radius 3 is 2.20 bits per heavy atom. The van der Waals surface area contributed by atoms with Crippen molar-refractivity contribution in [2.45, 2.75) is 27.2 Å². The zero-order chi connectivity index (χ0) is 8.41. The smallest absolute Gasteiger partial charge is 0.00782 e.